The molecule has 0 heteroatoms. The van der Waals surface area contributed by atoms with E-state index < -0.39 is 0 Å². The molecule has 1 rings (SSSR count). The van der Waals surface area contributed by atoms with Crippen LogP contribution >= 0.6 is 0 Å². The summed E-state index contributed by atoms with van der Waals surface area (Å²) in [6.45, 7) is 7.96. The van der Waals surface area contributed by atoms with Crippen LogP contribution in [-0.4, -0.2) is 0 Å². The fraction of sp³-hybridized carbons (Fsp3) is 0.800. The molecule has 2 unspecified atom stereocenters. The summed E-state index contributed by atoms with van der Waals surface area (Å²) in [5, 5.41) is 0. The Morgan fingerprint density at radius 3 is 1.60 bits per heavy atom. The molecule has 2 atom stereocenters. The molecule has 0 saturated heterocycles. The summed E-state index contributed by atoms with van der Waals surface area (Å²) < 4.78 is 0. The molecule has 0 spiro atoms. The minimum absolute atomic E-state index is 0.895. The van der Waals surface area contributed by atoms with Gasteiger partial charge in [-0.15, -0.1) is 0 Å². The largest absolute Gasteiger partial charge is 0.0530 e. The van der Waals surface area contributed by atoms with Crippen LogP contribution in [0.1, 0.15) is 38.5 Å². The Morgan fingerprint density at radius 1 is 0.900 bits per heavy atom. The van der Waals surface area contributed by atoms with Crippen molar-refractivity contribution in [3.05, 3.63) is 13.8 Å². The summed E-state index contributed by atoms with van der Waals surface area (Å²) in [4.78, 5) is 0. The van der Waals surface area contributed by atoms with Gasteiger partial charge >= 0.3 is 0 Å². The van der Waals surface area contributed by atoms with E-state index in [0.717, 1.165) is 24.7 Å². The van der Waals surface area contributed by atoms with Gasteiger partial charge in [0.05, 0.1) is 0 Å². The molecule has 1 aliphatic rings. The summed E-state index contributed by atoms with van der Waals surface area (Å²) in [5.41, 5.74) is 0. The molecule has 0 bridgehead atoms. The van der Waals surface area contributed by atoms with E-state index in [1.807, 2.05) is 0 Å². The first-order valence-corrected chi connectivity index (χ1v) is 4.47. The number of hydrogen-bond donors (Lipinski definition) is 0. The highest BCUT2D eigenvalue weighted by atomic mass is 14.3. The maximum atomic E-state index is 3.98. The van der Waals surface area contributed by atoms with Gasteiger partial charge in [0.25, 0.3) is 0 Å². The van der Waals surface area contributed by atoms with Gasteiger partial charge in [-0.3, -0.25) is 0 Å². The number of hydrogen-bond acceptors (Lipinski definition) is 0. The highest BCUT2D eigenvalue weighted by Gasteiger charge is 2.21. The predicted molar refractivity (Wildman–Crippen MR) is 45.4 cm³/mol. The maximum absolute atomic E-state index is 3.98. The minimum atomic E-state index is 0.895. The second-order valence-corrected chi connectivity index (χ2v) is 3.38. The summed E-state index contributed by atoms with van der Waals surface area (Å²) in [7, 11) is 0. The van der Waals surface area contributed by atoms with Crippen LogP contribution in [0, 0.1) is 25.7 Å². The highest BCUT2D eigenvalue weighted by molar-refractivity contribution is 4.76. The Labute approximate surface area is 65.0 Å². The summed E-state index contributed by atoms with van der Waals surface area (Å²) in [6.07, 6.45) is 7.92. The molecule has 0 N–H and O–H groups in total. The summed E-state index contributed by atoms with van der Waals surface area (Å²) in [5.74, 6) is 1.79. The Kier molecular flexibility index (Phi) is 3.24. The van der Waals surface area contributed by atoms with Gasteiger partial charge in [0.1, 0.15) is 0 Å². The molecular weight excluding hydrogens is 120 g/mol. The Balaban J connectivity index is 2.34. The maximum Gasteiger partial charge on any atom is -0.0386 e. The van der Waals surface area contributed by atoms with Crippen molar-refractivity contribution in [2.24, 2.45) is 11.8 Å². The standard InChI is InChI=1S/C10H18/c1-3-9-7-5-6-8-10(9)4-2/h9-10H,1-8H2. The molecule has 2 radical (unpaired) electrons. The van der Waals surface area contributed by atoms with Crippen LogP contribution in [0.3, 0.4) is 0 Å². The van der Waals surface area contributed by atoms with Crippen LogP contribution in [0.2, 0.25) is 0 Å². The van der Waals surface area contributed by atoms with Crippen LogP contribution in [0.4, 0.5) is 0 Å². The zero-order valence-corrected chi connectivity index (χ0v) is 6.81. The average molecular weight is 138 g/mol. The lowest BCUT2D eigenvalue weighted by Gasteiger charge is -2.29. The van der Waals surface area contributed by atoms with E-state index in [1.165, 1.54) is 25.7 Å². The SMILES string of the molecule is [CH2]CC1CCCCC1C[CH2]. The second kappa shape index (κ2) is 4.00. The fourth-order valence-electron chi connectivity index (χ4n) is 2.04. The van der Waals surface area contributed by atoms with Crippen molar-refractivity contribution < 1.29 is 0 Å². The van der Waals surface area contributed by atoms with Crippen molar-refractivity contribution in [2.45, 2.75) is 38.5 Å². The van der Waals surface area contributed by atoms with Gasteiger partial charge in [-0.1, -0.05) is 52.4 Å². The van der Waals surface area contributed by atoms with Crippen molar-refractivity contribution in [2.75, 3.05) is 0 Å². The Bertz CT molecular complexity index is 74.0. The predicted octanol–water partition coefficient (Wildman–Crippen LogP) is 3.24. The molecule has 0 aromatic rings. The third kappa shape index (κ3) is 1.74. The number of rotatable bonds is 2. The van der Waals surface area contributed by atoms with Gasteiger partial charge in [-0.2, -0.15) is 0 Å². The van der Waals surface area contributed by atoms with Gasteiger partial charge < -0.3 is 0 Å². The average Bonchev–Trinajstić information content (AvgIpc) is 2.04. The molecule has 10 heavy (non-hydrogen) atoms. The molecule has 1 saturated carbocycles. The smallest absolute Gasteiger partial charge is 0.0386 e. The molecule has 58 valence electrons. The lowest BCUT2D eigenvalue weighted by atomic mass is 9.77. The highest BCUT2D eigenvalue weighted by Crippen LogP contribution is 2.33. The van der Waals surface area contributed by atoms with Crippen molar-refractivity contribution in [1.29, 1.82) is 0 Å². The van der Waals surface area contributed by atoms with Crippen LogP contribution in [0.5, 0.6) is 0 Å². The van der Waals surface area contributed by atoms with Gasteiger partial charge in [0.2, 0.25) is 0 Å². The third-order valence-electron chi connectivity index (χ3n) is 2.81. The zero-order chi connectivity index (χ0) is 7.40. The summed E-state index contributed by atoms with van der Waals surface area (Å²) in [6, 6.07) is 0. The quantitative estimate of drug-likeness (QED) is 0.549. The van der Waals surface area contributed by atoms with Gasteiger partial charge in [0.15, 0.2) is 0 Å². The normalized spacial score (nSPS) is 34.2. The van der Waals surface area contributed by atoms with Crippen LogP contribution < -0.4 is 0 Å². The van der Waals surface area contributed by atoms with Gasteiger partial charge in [0, 0.05) is 0 Å². The first kappa shape index (κ1) is 8.10. The molecule has 1 aliphatic carbocycles. The lowest BCUT2D eigenvalue weighted by molar-refractivity contribution is 0.239. The Hall–Kier alpha value is 0. The molecule has 0 amide bonds. The van der Waals surface area contributed by atoms with Crippen molar-refractivity contribution in [1.82, 2.24) is 0 Å². The van der Waals surface area contributed by atoms with E-state index in [-0.39, 0.29) is 0 Å². The van der Waals surface area contributed by atoms with E-state index in [2.05, 4.69) is 13.8 Å². The molecule has 0 aromatic heterocycles. The molecule has 1 fully saturated rings. The van der Waals surface area contributed by atoms with Crippen LogP contribution in [-0.2, 0) is 0 Å². The van der Waals surface area contributed by atoms with Crippen LogP contribution in [0.15, 0.2) is 0 Å². The van der Waals surface area contributed by atoms with Gasteiger partial charge in [-0.25, -0.2) is 0 Å². The lowest BCUT2D eigenvalue weighted by Crippen LogP contribution is -2.17. The van der Waals surface area contributed by atoms with Crippen LogP contribution in [0.25, 0.3) is 0 Å². The fourth-order valence-corrected chi connectivity index (χ4v) is 2.04. The molecule has 0 heterocycles. The Morgan fingerprint density at radius 2 is 1.30 bits per heavy atom. The van der Waals surface area contributed by atoms with E-state index in [9.17, 15) is 0 Å². The molecule has 0 aliphatic heterocycles. The van der Waals surface area contributed by atoms with E-state index in [0.29, 0.717) is 0 Å². The van der Waals surface area contributed by atoms with E-state index >= 15 is 0 Å². The first-order valence-electron chi connectivity index (χ1n) is 4.47. The molecular formula is C10H18. The van der Waals surface area contributed by atoms with E-state index in [4.69, 9.17) is 0 Å². The second-order valence-electron chi connectivity index (χ2n) is 3.38. The minimum Gasteiger partial charge on any atom is -0.0530 e. The topological polar surface area (TPSA) is 0 Å². The molecule has 0 nitrogen and oxygen atoms in total. The first-order chi connectivity index (χ1) is 4.88. The van der Waals surface area contributed by atoms with E-state index in [1.54, 1.807) is 0 Å². The van der Waals surface area contributed by atoms with Crippen molar-refractivity contribution in [3.8, 4) is 0 Å². The zero-order valence-electron chi connectivity index (χ0n) is 6.81. The van der Waals surface area contributed by atoms with Gasteiger partial charge in [-0.05, 0) is 11.8 Å². The van der Waals surface area contributed by atoms with Crippen molar-refractivity contribution >= 4 is 0 Å². The molecule has 0 aromatic carbocycles. The third-order valence-corrected chi connectivity index (χ3v) is 2.81. The summed E-state index contributed by atoms with van der Waals surface area (Å²) >= 11 is 0. The van der Waals surface area contributed by atoms with Crippen molar-refractivity contribution in [3.63, 3.8) is 0 Å². The monoisotopic (exact) mass is 138 g/mol.